The largest absolute Gasteiger partial charge is 0.295 e. The quantitative estimate of drug-likeness (QED) is 0.728. The van der Waals surface area contributed by atoms with Crippen LogP contribution in [0.5, 0.6) is 0 Å². The van der Waals surface area contributed by atoms with Gasteiger partial charge in [-0.1, -0.05) is 19.3 Å². The van der Waals surface area contributed by atoms with Crippen LogP contribution in [0.15, 0.2) is 41.8 Å². The van der Waals surface area contributed by atoms with E-state index in [-0.39, 0.29) is 11.6 Å². The van der Waals surface area contributed by atoms with Crippen LogP contribution in [0, 0.1) is 0 Å². The van der Waals surface area contributed by atoms with E-state index in [1.807, 2.05) is 12.1 Å². The molecule has 1 aliphatic carbocycles. The number of pyridine rings is 1. The molecule has 112 valence electrons. The highest BCUT2D eigenvalue weighted by atomic mass is 16.1. The SMILES string of the molecule is O=c1c2cnn(-c3cccnc3)c2ncn1C1CCCCC1. The Morgan fingerprint density at radius 1 is 1.14 bits per heavy atom. The predicted molar refractivity (Wildman–Crippen MR) is 83.0 cm³/mol. The summed E-state index contributed by atoms with van der Waals surface area (Å²) in [7, 11) is 0. The minimum atomic E-state index is 0.00652. The first-order valence-electron chi connectivity index (χ1n) is 7.70. The van der Waals surface area contributed by atoms with Gasteiger partial charge in [-0.15, -0.1) is 0 Å². The van der Waals surface area contributed by atoms with Crippen LogP contribution in [-0.4, -0.2) is 24.3 Å². The van der Waals surface area contributed by atoms with Crippen molar-refractivity contribution in [2.75, 3.05) is 0 Å². The Kier molecular flexibility index (Phi) is 3.21. The number of hydrogen-bond donors (Lipinski definition) is 0. The van der Waals surface area contributed by atoms with Gasteiger partial charge in [0.1, 0.15) is 11.7 Å². The number of aromatic nitrogens is 5. The van der Waals surface area contributed by atoms with Gasteiger partial charge in [0.15, 0.2) is 5.65 Å². The Balaban J connectivity index is 1.82. The molecule has 3 heterocycles. The fourth-order valence-corrected chi connectivity index (χ4v) is 3.21. The molecule has 1 aliphatic rings. The first kappa shape index (κ1) is 13.2. The van der Waals surface area contributed by atoms with E-state index in [1.165, 1.54) is 19.3 Å². The van der Waals surface area contributed by atoms with Crippen molar-refractivity contribution in [3.8, 4) is 5.69 Å². The second-order valence-electron chi connectivity index (χ2n) is 5.75. The summed E-state index contributed by atoms with van der Waals surface area (Å²) in [4.78, 5) is 21.3. The van der Waals surface area contributed by atoms with Gasteiger partial charge in [0, 0.05) is 12.2 Å². The van der Waals surface area contributed by atoms with Gasteiger partial charge in [0.05, 0.1) is 18.1 Å². The van der Waals surface area contributed by atoms with E-state index in [9.17, 15) is 4.79 Å². The van der Waals surface area contributed by atoms with Gasteiger partial charge in [-0.2, -0.15) is 5.10 Å². The molecule has 0 unspecified atom stereocenters. The number of hydrogen-bond acceptors (Lipinski definition) is 4. The molecule has 0 spiro atoms. The summed E-state index contributed by atoms with van der Waals surface area (Å²) in [6, 6.07) is 4.01. The topological polar surface area (TPSA) is 65.6 Å². The van der Waals surface area contributed by atoms with E-state index in [1.54, 1.807) is 34.2 Å². The second kappa shape index (κ2) is 5.36. The monoisotopic (exact) mass is 295 g/mol. The van der Waals surface area contributed by atoms with Gasteiger partial charge >= 0.3 is 0 Å². The van der Waals surface area contributed by atoms with Crippen LogP contribution in [0.1, 0.15) is 38.1 Å². The normalized spacial score (nSPS) is 16.2. The third kappa shape index (κ3) is 2.11. The standard InChI is InChI=1S/C16H17N5O/c22-16-14-10-19-21(13-7-4-8-17-9-13)15(14)18-11-20(16)12-5-2-1-3-6-12/h4,7-12H,1-3,5-6H2. The van der Waals surface area contributed by atoms with Crippen molar-refractivity contribution in [1.29, 1.82) is 0 Å². The lowest BCUT2D eigenvalue weighted by molar-refractivity contribution is 0.345. The Morgan fingerprint density at radius 3 is 2.77 bits per heavy atom. The van der Waals surface area contributed by atoms with Crippen LogP contribution in [0.3, 0.4) is 0 Å². The summed E-state index contributed by atoms with van der Waals surface area (Å²) in [5.41, 5.74) is 1.40. The van der Waals surface area contributed by atoms with Crippen molar-refractivity contribution in [2.45, 2.75) is 38.1 Å². The molecule has 0 saturated heterocycles. The summed E-state index contributed by atoms with van der Waals surface area (Å²) in [6.07, 6.45) is 12.5. The third-order valence-electron chi connectivity index (χ3n) is 4.37. The van der Waals surface area contributed by atoms with Gasteiger partial charge in [-0.05, 0) is 25.0 Å². The van der Waals surface area contributed by atoms with E-state index in [0.717, 1.165) is 18.5 Å². The van der Waals surface area contributed by atoms with Gasteiger partial charge in [-0.25, -0.2) is 9.67 Å². The zero-order valence-corrected chi connectivity index (χ0v) is 12.2. The third-order valence-corrected chi connectivity index (χ3v) is 4.37. The number of rotatable bonds is 2. The predicted octanol–water partition coefficient (Wildman–Crippen LogP) is 2.48. The maximum atomic E-state index is 12.7. The molecule has 0 aromatic carbocycles. The van der Waals surface area contributed by atoms with E-state index in [4.69, 9.17) is 0 Å². The highest BCUT2D eigenvalue weighted by Gasteiger charge is 2.19. The smallest absolute Gasteiger partial charge is 0.264 e. The molecule has 6 nitrogen and oxygen atoms in total. The van der Waals surface area contributed by atoms with Crippen LogP contribution in [0.25, 0.3) is 16.7 Å². The maximum absolute atomic E-state index is 12.7. The molecule has 6 heteroatoms. The first-order valence-corrected chi connectivity index (χ1v) is 7.70. The second-order valence-corrected chi connectivity index (χ2v) is 5.75. The Hall–Kier alpha value is -2.50. The average molecular weight is 295 g/mol. The Labute approximate surface area is 127 Å². The van der Waals surface area contributed by atoms with Crippen LogP contribution in [0.2, 0.25) is 0 Å². The molecule has 0 bridgehead atoms. The van der Waals surface area contributed by atoms with Crippen molar-refractivity contribution in [1.82, 2.24) is 24.3 Å². The van der Waals surface area contributed by atoms with Crippen LogP contribution < -0.4 is 5.56 Å². The highest BCUT2D eigenvalue weighted by Crippen LogP contribution is 2.27. The summed E-state index contributed by atoms with van der Waals surface area (Å²) in [6.45, 7) is 0. The molecule has 0 N–H and O–H groups in total. The fourth-order valence-electron chi connectivity index (χ4n) is 3.21. The average Bonchev–Trinajstić information content (AvgIpc) is 3.02. The summed E-state index contributed by atoms with van der Waals surface area (Å²) >= 11 is 0. The van der Waals surface area contributed by atoms with Crippen LogP contribution in [0.4, 0.5) is 0 Å². The number of nitrogens with zero attached hydrogens (tertiary/aromatic N) is 5. The molecule has 0 atom stereocenters. The molecular formula is C16H17N5O. The van der Waals surface area contributed by atoms with Crippen molar-refractivity contribution < 1.29 is 0 Å². The molecule has 0 radical (unpaired) electrons. The molecule has 0 amide bonds. The Morgan fingerprint density at radius 2 is 2.00 bits per heavy atom. The highest BCUT2D eigenvalue weighted by molar-refractivity contribution is 5.74. The molecule has 3 aromatic rings. The van der Waals surface area contributed by atoms with Crippen molar-refractivity contribution >= 4 is 11.0 Å². The lowest BCUT2D eigenvalue weighted by Crippen LogP contribution is -2.26. The zero-order chi connectivity index (χ0) is 14.9. The molecular weight excluding hydrogens is 278 g/mol. The van der Waals surface area contributed by atoms with E-state index < -0.39 is 0 Å². The molecule has 1 saturated carbocycles. The molecule has 4 rings (SSSR count). The Bertz CT molecular complexity index is 846. The van der Waals surface area contributed by atoms with E-state index in [2.05, 4.69) is 15.1 Å². The fraction of sp³-hybridized carbons (Fsp3) is 0.375. The maximum Gasteiger partial charge on any atom is 0.264 e. The van der Waals surface area contributed by atoms with Gasteiger partial charge in [0.25, 0.3) is 5.56 Å². The van der Waals surface area contributed by atoms with Gasteiger partial charge in [-0.3, -0.25) is 14.3 Å². The summed E-state index contributed by atoms with van der Waals surface area (Å²) < 4.78 is 3.45. The minimum absolute atomic E-state index is 0.00652. The van der Waals surface area contributed by atoms with Crippen LogP contribution >= 0.6 is 0 Å². The van der Waals surface area contributed by atoms with E-state index in [0.29, 0.717) is 11.0 Å². The van der Waals surface area contributed by atoms with Gasteiger partial charge in [0.2, 0.25) is 0 Å². The van der Waals surface area contributed by atoms with Crippen molar-refractivity contribution in [3.63, 3.8) is 0 Å². The molecule has 22 heavy (non-hydrogen) atoms. The lowest BCUT2D eigenvalue weighted by Gasteiger charge is -2.23. The summed E-state index contributed by atoms with van der Waals surface area (Å²) in [5, 5.41) is 4.88. The first-order chi connectivity index (χ1) is 10.8. The zero-order valence-electron chi connectivity index (χ0n) is 12.2. The van der Waals surface area contributed by atoms with E-state index >= 15 is 0 Å². The van der Waals surface area contributed by atoms with Crippen molar-refractivity contribution in [2.24, 2.45) is 0 Å². The van der Waals surface area contributed by atoms with Crippen LogP contribution in [-0.2, 0) is 0 Å². The number of fused-ring (bicyclic) bond motifs is 1. The molecule has 3 aromatic heterocycles. The lowest BCUT2D eigenvalue weighted by atomic mass is 9.95. The van der Waals surface area contributed by atoms with Gasteiger partial charge < -0.3 is 0 Å². The summed E-state index contributed by atoms with van der Waals surface area (Å²) in [5.74, 6) is 0. The molecule has 1 fully saturated rings. The molecule has 0 aliphatic heterocycles. The minimum Gasteiger partial charge on any atom is -0.295 e. The van der Waals surface area contributed by atoms with Crippen molar-refractivity contribution in [3.05, 3.63) is 47.4 Å².